The zero-order valence-electron chi connectivity index (χ0n) is 16.8. The van der Waals surface area contributed by atoms with Crippen LogP contribution < -0.4 is 9.64 Å². The molecule has 0 saturated heterocycles. The molecule has 1 atom stereocenters. The van der Waals surface area contributed by atoms with Crippen molar-refractivity contribution in [3.63, 3.8) is 0 Å². The summed E-state index contributed by atoms with van der Waals surface area (Å²) >= 11 is 12.5. The summed E-state index contributed by atoms with van der Waals surface area (Å²) in [6, 6.07) is 17.8. The summed E-state index contributed by atoms with van der Waals surface area (Å²) in [5.74, 6) is 0.0679. The number of carbonyl (C=O) groups is 1. The van der Waals surface area contributed by atoms with Crippen LogP contribution in [0.4, 0.5) is 10.1 Å². The lowest BCUT2D eigenvalue weighted by Gasteiger charge is -2.26. The molecule has 1 N–H and O–H groups in total. The van der Waals surface area contributed by atoms with Crippen molar-refractivity contribution in [1.29, 1.82) is 0 Å². The SMILES string of the molecule is COc1ccc(N2C(=O)c3[nH]nc(-c4ccc(Cl)cc4Cl)c3C2c2ccc(F)cc2)cc1. The van der Waals surface area contributed by atoms with Crippen molar-refractivity contribution in [2.24, 2.45) is 0 Å². The molecule has 1 unspecified atom stereocenters. The third-order valence-electron chi connectivity index (χ3n) is 5.49. The predicted molar refractivity (Wildman–Crippen MR) is 122 cm³/mol. The molecule has 4 aromatic rings. The normalized spacial score (nSPS) is 15.2. The molecule has 1 aromatic heterocycles. The van der Waals surface area contributed by atoms with E-state index in [0.29, 0.717) is 44.0 Å². The van der Waals surface area contributed by atoms with Gasteiger partial charge in [0, 0.05) is 21.8 Å². The molecule has 2 heterocycles. The molecule has 1 aliphatic heterocycles. The smallest absolute Gasteiger partial charge is 0.277 e. The van der Waals surface area contributed by atoms with Gasteiger partial charge in [-0.25, -0.2) is 4.39 Å². The van der Waals surface area contributed by atoms with Crippen LogP contribution in [0.3, 0.4) is 0 Å². The van der Waals surface area contributed by atoms with Gasteiger partial charge in [0.05, 0.1) is 18.2 Å². The van der Waals surface area contributed by atoms with Gasteiger partial charge in [0.25, 0.3) is 5.91 Å². The molecule has 0 fully saturated rings. The third-order valence-corrected chi connectivity index (χ3v) is 6.04. The molecule has 1 aliphatic rings. The van der Waals surface area contributed by atoms with Crippen molar-refractivity contribution in [2.45, 2.75) is 6.04 Å². The Morgan fingerprint density at radius 1 is 1.03 bits per heavy atom. The van der Waals surface area contributed by atoms with E-state index in [2.05, 4.69) is 10.2 Å². The van der Waals surface area contributed by atoms with Gasteiger partial charge in [-0.15, -0.1) is 0 Å². The van der Waals surface area contributed by atoms with E-state index < -0.39 is 6.04 Å². The Balaban J connectivity index is 1.71. The lowest BCUT2D eigenvalue weighted by molar-refractivity contribution is 0.0988. The minimum absolute atomic E-state index is 0.247. The second-order valence-electron chi connectivity index (χ2n) is 7.31. The van der Waals surface area contributed by atoms with Crippen LogP contribution in [0.15, 0.2) is 66.7 Å². The Hall–Kier alpha value is -3.35. The number of amides is 1. The standard InChI is InChI=1S/C24H16Cl2FN3O2/c1-32-17-9-7-16(8-10-17)30-23(13-2-5-15(27)6-3-13)20-21(28-29-22(20)24(30)31)18-11-4-14(25)12-19(18)26/h2-12,23H,1H3,(H,28,29). The predicted octanol–water partition coefficient (Wildman–Crippen LogP) is 6.28. The van der Waals surface area contributed by atoms with E-state index in [1.807, 2.05) is 12.1 Å². The highest BCUT2D eigenvalue weighted by Crippen LogP contribution is 2.46. The lowest BCUT2D eigenvalue weighted by atomic mass is 9.96. The number of aromatic amines is 1. The highest BCUT2D eigenvalue weighted by atomic mass is 35.5. The number of methoxy groups -OCH3 is 1. The average molecular weight is 468 g/mol. The lowest BCUT2D eigenvalue weighted by Crippen LogP contribution is -2.29. The van der Waals surface area contributed by atoms with E-state index in [9.17, 15) is 9.18 Å². The number of hydrogen-bond donors (Lipinski definition) is 1. The van der Waals surface area contributed by atoms with Crippen molar-refractivity contribution in [1.82, 2.24) is 10.2 Å². The highest BCUT2D eigenvalue weighted by molar-refractivity contribution is 6.36. The molecule has 0 radical (unpaired) electrons. The van der Waals surface area contributed by atoms with Gasteiger partial charge in [0.2, 0.25) is 0 Å². The summed E-state index contributed by atoms with van der Waals surface area (Å²) < 4.78 is 18.9. The zero-order valence-corrected chi connectivity index (χ0v) is 18.3. The molecule has 160 valence electrons. The number of nitrogens with zero attached hydrogens (tertiary/aromatic N) is 2. The molecule has 5 rings (SSSR count). The molecule has 32 heavy (non-hydrogen) atoms. The van der Waals surface area contributed by atoms with Crippen LogP contribution in [0.2, 0.25) is 10.0 Å². The highest BCUT2D eigenvalue weighted by Gasteiger charge is 2.43. The van der Waals surface area contributed by atoms with E-state index in [4.69, 9.17) is 27.9 Å². The number of rotatable bonds is 4. The Morgan fingerprint density at radius 2 is 1.75 bits per heavy atom. The first-order chi connectivity index (χ1) is 15.5. The number of aromatic nitrogens is 2. The Kier molecular flexibility index (Phi) is 5.12. The fourth-order valence-corrected chi connectivity index (χ4v) is 4.50. The Labute approximate surface area is 193 Å². The monoisotopic (exact) mass is 467 g/mol. The number of benzene rings is 3. The zero-order chi connectivity index (χ0) is 22.4. The molecule has 5 nitrogen and oxygen atoms in total. The van der Waals surface area contributed by atoms with Crippen LogP contribution in [0.1, 0.15) is 27.7 Å². The van der Waals surface area contributed by atoms with Crippen molar-refractivity contribution in [2.75, 3.05) is 12.0 Å². The van der Waals surface area contributed by atoms with Crippen LogP contribution in [0, 0.1) is 5.82 Å². The second kappa shape index (κ2) is 7.97. The number of hydrogen-bond acceptors (Lipinski definition) is 3. The molecular weight excluding hydrogens is 452 g/mol. The third kappa shape index (κ3) is 3.32. The first kappa shape index (κ1) is 20.5. The summed E-state index contributed by atoms with van der Waals surface area (Å²) in [6.45, 7) is 0. The van der Waals surface area contributed by atoms with Gasteiger partial charge in [0.1, 0.15) is 23.0 Å². The summed E-state index contributed by atoms with van der Waals surface area (Å²) in [5, 5.41) is 8.20. The maximum Gasteiger partial charge on any atom is 0.277 e. The van der Waals surface area contributed by atoms with Gasteiger partial charge in [-0.2, -0.15) is 5.10 Å². The van der Waals surface area contributed by atoms with Crippen LogP contribution in [-0.2, 0) is 0 Å². The molecule has 0 saturated carbocycles. The van der Waals surface area contributed by atoms with Gasteiger partial charge in [-0.05, 0) is 60.2 Å². The van der Waals surface area contributed by atoms with E-state index in [0.717, 1.165) is 5.56 Å². The minimum Gasteiger partial charge on any atom is -0.497 e. The number of ether oxygens (including phenoxy) is 1. The van der Waals surface area contributed by atoms with Gasteiger partial charge in [-0.1, -0.05) is 35.3 Å². The van der Waals surface area contributed by atoms with E-state index in [-0.39, 0.29) is 11.7 Å². The number of halogens is 3. The molecule has 0 spiro atoms. The summed E-state index contributed by atoms with van der Waals surface area (Å²) in [7, 11) is 1.58. The van der Waals surface area contributed by atoms with Crippen LogP contribution in [0.25, 0.3) is 11.3 Å². The minimum atomic E-state index is -0.535. The molecular formula is C24H16Cl2FN3O2. The van der Waals surface area contributed by atoms with E-state index in [1.165, 1.54) is 12.1 Å². The first-order valence-electron chi connectivity index (χ1n) is 9.74. The number of anilines is 1. The Bertz CT molecular complexity index is 1320. The fraction of sp³-hybridized carbons (Fsp3) is 0.0833. The van der Waals surface area contributed by atoms with Crippen LogP contribution in [-0.4, -0.2) is 23.2 Å². The van der Waals surface area contributed by atoms with Crippen molar-refractivity contribution < 1.29 is 13.9 Å². The van der Waals surface area contributed by atoms with Gasteiger partial charge >= 0.3 is 0 Å². The fourth-order valence-electron chi connectivity index (χ4n) is 4.00. The number of nitrogens with one attached hydrogen (secondary N) is 1. The summed E-state index contributed by atoms with van der Waals surface area (Å²) in [4.78, 5) is 15.1. The van der Waals surface area contributed by atoms with Gasteiger partial charge in [0.15, 0.2) is 0 Å². The molecule has 3 aromatic carbocycles. The van der Waals surface area contributed by atoms with Crippen molar-refractivity contribution in [3.8, 4) is 17.0 Å². The van der Waals surface area contributed by atoms with E-state index >= 15 is 0 Å². The van der Waals surface area contributed by atoms with Crippen LogP contribution in [0.5, 0.6) is 5.75 Å². The van der Waals surface area contributed by atoms with Crippen LogP contribution >= 0.6 is 23.2 Å². The largest absolute Gasteiger partial charge is 0.497 e. The number of carbonyl (C=O) groups excluding carboxylic acids is 1. The molecule has 0 aliphatic carbocycles. The average Bonchev–Trinajstić information content (AvgIpc) is 3.34. The first-order valence-corrected chi connectivity index (χ1v) is 10.5. The second-order valence-corrected chi connectivity index (χ2v) is 8.16. The quantitative estimate of drug-likeness (QED) is 0.384. The van der Waals surface area contributed by atoms with Crippen molar-refractivity contribution in [3.05, 3.63) is 99.4 Å². The maximum absolute atomic E-state index is 13.7. The topological polar surface area (TPSA) is 58.2 Å². The Morgan fingerprint density at radius 3 is 2.41 bits per heavy atom. The number of fused-ring (bicyclic) bond motifs is 1. The van der Waals surface area contributed by atoms with Gasteiger partial charge in [-0.3, -0.25) is 14.8 Å². The number of H-pyrrole nitrogens is 1. The maximum atomic E-state index is 13.7. The van der Waals surface area contributed by atoms with Gasteiger partial charge < -0.3 is 4.74 Å². The summed E-state index contributed by atoms with van der Waals surface area (Å²) in [5.41, 5.74) is 3.62. The summed E-state index contributed by atoms with van der Waals surface area (Å²) in [6.07, 6.45) is 0. The van der Waals surface area contributed by atoms with E-state index in [1.54, 1.807) is 54.5 Å². The molecule has 0 bridgehead atoms. The van der Waals surface area contributed by atoms with Crippen molar-refractivity contribution >= 4 is 34.8 Å². The molecule has 8 heteroatoms. The molecule has 1 amide bonds.